The Morgan fingerprint density at radius 1 is 1.29 bits per heavy atom. The third kappa shape index (κ3) is 2.32. The first-order valence-corrected chi connectivity index (χ1v) is 6.66. The van der Waals surface area contributed by atoms with Gasteiger partial charge in [-0.15, -0.1) is 0 Å². The van der Waals surface area contributed by atoms with Crippen molar-refractivity contribution in [2.24, 2.45) is 11.1 Å². The van der Waals surface area contributed by atoms with Crippen LogP contribution in [0.3, 0.4) is 0 Å². The molecule has 0 saturated carbocycles. The predicted octanol–water partition coefficient (Wildman–Crippen LogP) is 3.32. The lowest BCUT2D eigenvalue weighted by molar-refractivity contribution is 0.210. The van der Waals surface area contributed by atoms with Gasteiger partial charge in [-0.2, -0.15) is 0 Å². The summed E-state index contributed by atoms with van der Waals surface area (Å²) in [6.07, 6.45) is 3.45. The van der Waals surface area contributed by atoms with Crippen LogP contribution in [0, 0.1) is 5.41 Å². The van der Waals surface area contributed by atoms with Crippen LogP contribution in [0.4, 0.5) is 0 Å². The molecule has 0 amide bonds. The summed E-state index contributed by atoms with van der Waals surface area (Å²) in [6.45, 7) is 6.09. The van der Waals surface area contributed by atoms with Crippen molar-refractivity contribution < 1.29 is 4.74 Å². The molecule has 1 aliphatic rings. The molecule has 2 heteroatoms. The second-order valence-corrected chi connectivity index (χ2v) is 5.16. The molecule has 0 spiro atoms. The lowest BCUT2D eigenvalue weighted by atomic mass is 9.74. The van der Waals surface area contributed by atoms with E-state index in [0.29, 0.717) is 5.92 Å². The summed E-state index contributed by atoms with van der Waals surface area (Å²) >= 11 is 0. The van der Waals surface area contributed by atoms with Crippen LogP contribution in [0.5, 0.6) is 5.75 Å². The SMILES string of the molecule is CCC(CC)(CN)CC1COc2ccccc21. The largest absolute Gasteiger partial charge is 0.493 e. The molecule has 17 heavy (non-hydrogen) atoms. The first kappa shape index (κ1) is 12.4. The zero-order valence-electron chi connectivity index (χ0n) is 10.9. The quantitative estimate of drug-likeness (QED) is 0.846. The molecule has 94 valence electrons. The van der Waals surface area contributed by atoms with E-state index in [2.05, 4.69) is 32.0 Å². The number of rotatable bonds is 5. The third-order valence-electron chi connectivity index (χ3n) is 4.41. The standard InChI is InChI=1S/C15H23NO/c1-3-15(4-2,11-16)9-12-10-17-14-8-6-5-7-13(12)14/h5-8,12H,3-4,9-11,16H2,1-2H3. The molecule has 1 aromatic carbocycles. The summed E-state index contributed by atoms with van der Waals surface area (Å²) in [5, 5.41) is 0. The summed E-state index contributed by atoms with van der Waals surface area (Å²) in [5.74, 6) is 1.59. The van der Waals surface area contributed by atoms with E-state index >= 15 is 0 Å². The molecule has 2 nitrogen and oxygen atoms in total. The van der Waals surface area contributed by atoms with Crippen molar-refractivity contribution in [1.29, 1.82) is 0 Å². The second-order valence-electron chi connectivity index (χ2n) is 5.16. The highest BCUT2D eigenvalue weighted by molar-refractivity contribution is 5.39. The van der Waals surface area contributed by atoms with Gasteiger partial charge in [-0.05, 0) is 37.3 Å². The molecule has 2 N–H and O–H groups in total. The molecule has 0 aliphatic carbocycles. The average molecular weight is 233 g/mol. The summed E-state index contributed by atoms with van der Waals surface area (Å²) in [5.41, 5.74) is 7.64. The topological polar surface area (TPSA) is 35.2 Å². The summed E-state index contributed by atoms with van der Waals surface area (Å²) in [7, 11) is 0. The van der Waals surface area contributed by atoms with Crippen LogP contribution in [0.15, 0.2) is 24.3 Å². The normalized spacial score (nSPS) is 18.9. The van der Waals surface area contributed by atoms with Crippen LogP contribution in [0.1, 0.15) is 44.6 Å². The van der Waals surface area contributed by atoms with Crippen LogP contribution < -0.4 is 10.5 Å². The minimum absolute atomic E-state index is 0.283. The summed E-state index contributed by atoms with van der Waals surface area (Å²) < 4.78 is 5.75. The van der Waals surface area contributed by atoms with Gasteiger partial charge < -0.3 is 10.5 Å². The van der Waals surface area contributed by atoms with Crippen molar-refractivity contribution >= 4 is 0 Å². The van der Waals surface area contributed by atoms with Crippen molar-refractivity contribution in [2.75, 3.05) is 13.2 Å². The number of benzene rings is 1. The molecule has 1 aliphatic heterocycles. The monoisotopic (exact) mass is 233 g/mol. The van der Waals surface area contributed by atoms with Gasteiger partial charge in [0.25, 0.3) is 0 Å². The molecule has 0 fully saturated rings. The first-order chi connectivity index (χ1) is 8.24. The Balaban J connectivity index is 2.16. The zero-order valence-corrected chi connectivity index (χ0v) is 10.9. The van der Waals surface area contributed by atoms with Gasteiger partial charge in [0.1, 0.15) is 5.75 Å². The molecule has 1 atom stereocenters. The smallest absolute Gasteiger partial charge is 0.122 e. The third-order valence-corrected chi connectivity index (χ3v) is 4.41. The number of nitrogens with two attached hydrogens (primary N) is 1. The van der Waals surface area contributed by atoms with Crippen molar-refractivity contribution in [3.05, 3.63) is 29.8 Å². The Hall–Kier alpha value is -1.02. The highest BCUT2D eigenvalue weighted by Gasteiger charge is 2.33. The molecule has 1 aromatic rings. The van der Waals surface area contributed by atoms with Gasteiger partial charge in [0, 0.05) is 11.5 Å². The molecule has 1 unspecified atom stereocenters. The van der Waals surface area contributed by atoms with Crippen LogP contribution in [-0.4, -0.2) is 13.2 Å². The summed E-state index contributed by atoms with van der Waals surface area (Å²) in [4.78, 5) is 0. The zero-order chi connectivity index (χ0) is 12.3. The highest BCUT2D eigenvalue weighted by atomic mass is 16.5. The lowest BCUT2D eigenvalue weighted by Crippen LogP contribution is -2.31. The fourth-order valence-corrected chi connectivity index (χ4v) is 2.83. The minimum Gasteiger partial charge on any atom is -0.493 e. The maximum Gasteiger partial charge on any atom is 0.122 e. The molecule has 0 radical (unpaired) electrons. The van der Waals surface area contributed by atoms with Crippen LogP contribution >= 0.6 is 0 Å². The van der Waals surface area contributed by atoms with Gasteiger partial charge in [0.05, 0.1) is 6.61 Å². The van der Waals surface area contributed by atoms with Gasteiger partial charge in [0.2, 0.25) is 0 Å². The van der Waals surface area contributed by atoms with Crippen LogP contribution in [-0.2, 0) is 0 Å². The van der Waals surface area contributed by atoms with Crippen molar-refractivity contribution in [2.45, 2.75) is 39.0 Å². The maximum atomic E-state index is 5.99. The summed E-state index contributed by atoms with van der Waals surface area (Å²) in [6, 6.07) is 8.40. The van der Waals surface area contributed by atoms with Crippen LogP contribution in [0.25, 0.3) is 0 Å². The van der Waals surface area contributed by atoms with E-state index in [0.717, 1.165) is 38.2 Å². The van der Waals surface area contributed by atoms with E-state index < -0.39 is 0 Å². The number of hydrogen-bond donors (Lipinski definition) is 1. The van der Waals surface area contributed by atoms with E-state index in [9.17, 15) is 0 Å². The minimum atomic E-state index is 0.283. The predicted molar refractivity (Wildman–Crippen MR) is 71.4 cm³/mol. The van der Waals surface area contributed by atoms with Crippen LogP contribution in [0.2, 0.25) is 0 Å². The molecular formula is C15H23NO. The van der Waals surface area contributed by atoms with E-state index in [-0.39, 0.29) is 5.41 Å². The Morgan fingerprint density at radius 2 is 2.00 bits per heavy atom. The number of ether oxygens (including phenoxy) is 1. The number of hydrogen-bond acceptors (Lipinski definition) is 2. The Kier molecular flexibility index (Phi) is 3.72. The molecule has 0 bridgehead atoms. The molecule has 2 rings (SSSR count). The van der Waals surface area contributed by atoms with Crippen molar-refractivity contribution in [3.63, 3.8) is 0 Å². The first-order valence-electron chi connectivity index (χ1n) is 6.66. The van der Waals surface area contributed by atoms with Gasteiger partial charge in [0.15, 0.2) is 0 Å². The lowest BCUT2D eigenvalue weighted by Gasteiger charge is -2.32. The second kappa shape index (κ2) is 5.09. The maximum absolute atomic E-state index is 5.99. The van der Waals surface area contributed by atoms with Gasteiger partial charge in [-0.25, -0.2) is 0 Å². The molecular weight excluding hydrogens is 210 g/mol. The van der Waals surface area contributed by atoms with E-state index in [1.54, 1.807) is 0 Å². The van der Waals surface area contributed by atoms with Gasteiger partial charge in [-0.3, -0.25) is 0 Å². The highest BCUT2D eigenvalue weighted by Crippen LogP contribution is 2.42. The molecule has 1 heterocycles. The van der Waals surface area contributed by atoms with E-state index in [4.69, 9.17) is 10.5 Å². The Morgan fingerprint density at radius 3 is 2.65 bits per heavy atom. The fraction of sp³-hybridized carbons (Fsp3) is 0.600. The average Bonchev–Trinajstić information content (AvgIpc) is 2.79. The molecule has 0 saturated heterocycles. The van der Waals surface area contributed by atoms with Crippen molar-refractivity contribution in [3.8, 4) is 5.75 Å². The Bertz CT molecular complexity index is 363. The Labute approximate surface area is 104 Å². The fourth-order valence-electron chi connectivity index (χ4n) is 2.83. The van der Waals surface area contributed by atoms with E-state index in [1.807, 2.05) is 6.07 Å². The van der Waals surface area contributed by atoms with Crippen molar-refractivity contribution in [1.82, 2.24) is 0 Å². The number of para-hydroxylation sites is 1. The number of fused-ring (bicyclic) bond motifs is 1. The molecule has 0 aromatic heterocycles. The van der Waals surface area contributed by atoms with Gasteiger partial charge >= 0.3 is 0 Å². The van der Waals surface area contributed by atoms with Gasteiger partial charge in [-0.1, -0.05) is 32.0 Å². The van der Waals surface area contributed by atoms with E-state index in [1.165, 1.54) is 5.56 Å².